The highest BCUT2D eigenvalue weighted by molar-refractivity contribution is 5.92. The second kappa shape index (κ2) is 6.18. The van der Waals surface area contributed by atoms with Crippen LogP contribution < -0.4 is 10.1 Å². The summed E-state index contributed by atoms with van der Waals surface area (Å²) < 4.78 is 33.9. The summed E-state index contributed by atoms with van der Waals surface area (Å²) in [7, 11) is 0. The van der Waals surface area contributed by atoms with Crippen molar-refractivity contribution >= 4 is 5.91 Å². The van der Waals surface area contributed by atoms with Crippen LogP contribution in [0.1, 0.15) is 21.7 Å². The third kappa shape index (κ3) is 3.34. The first-order valence-electron chi connectivity index (χ1n) is 5.93. The van der Waals surface area contributed by atoms with Crippen molar-refractivity contribution in [3.63, 3.8) is 0 Å². The number of hydrogen-bond donors (Lipinski definition) is 1. The van der Waals surface area contributed by atoms with Crippen LogP contribution in [-0.4, -0.2) is 12.5 Å². The van der Waals surface area contributed by atoms with Crippen molar-refractivity contribution < 1.29 is 22.7 Å². The summed E-state index contributed by atoms with van der Waals surface area (Å²) in [5, 5.41) is 2.60. The third-order valence-electron chi connectivity index (χ3n) is 2.70. The number of amides is 1. The SMILES string of the molecule is Cc1ccoc1C(=O)NCc1ccccc1OC(F)F. The first-order chi connectivity index (χ1) is 9.58. The Kier molecular flexibility index (Phi) is 4.34. The van der Waals surface area contributed by atoms with E-state index in [-0.39, 0.29) is 18.1 Å². The van der Waals surface area contributed by atoms with Crippen LogP contribution in [0.5, 0.6) is 5.75 Å². The van der Waals surface area contributed by atoms with Crippen LogP contribution in [0.2, 0.25) is 0 Å². The molecular formula is C14H13F2NO3. The molecule has 1 aromatic heterocycles. The first kappa shape index (κ1) is 14.0. The van der Waals surface area contributed by atoms with Crippen molar-refractivity contribution in [2.75, 3.05) is 0 Å². The minimum Gasteiger partial charge on any atom is -0.459 e. The Balaban J connectivity index is 2.04. The van der Waals surface area contributed by atoms with E-state index in [1.54, 1.807) is 31.2 Å². The zero-order valence-electron chi connectivity index (χ0n) is 10.7. The summed E-state index contributed by atoms with van der Waals surface area (Å²) in [6.45, 7) is -1.09. The molecule has 0 atom stereocenters. The molecule has 20 heavy (non-hydrogen) atoms. The zero-order valence-corrected chi connectivity index (χ0v) is 10.7. The Labute approximate surface area is 114 Å². The molecule has 2 rings (SSSR count). The molecule has 2 aromatic rings. The number of carbonyl (C=O) groups is 1. The minimum absolute atomic E-state index is 0.0407. The van der Waals surface area contributed by atoms with E-state index in [1.165, 1.54) is 12.3 Å². The summed E-state index contributed by atoms with van der Waals surface area (Å²) in [5.41, 5.74) is 1.17. The van der Waals surface area contributed by atoms with Gasteiger partial charge in [0.25, 0.3) is 5.91 Å². The summed E-state index contributed by atoms with van der Waals surface area (Å²) >= 11 is 0. The van der Waals surface area contributed by atoms with Gasteiger partial charge in [0, 0.05) is 17.7 Å². The molecular weight excluding hydrogens is 268 g/mol. The van der Waals surface area contributed by atoms with Crippen LogP contribution in [0, 0.1) is 6.92 Å². The summed E-state index contributed by atoms with van der Waals surface area (Å²) in [6, 6.07) is 7.96. The molecule has 1 amide bonds. The van der Waals surface area contributed by atoms with Crippen LogP contribution in [0.4, 0.5) is 8.78 Å². The molecule has 0 aliphatic rings. The van der Waals surface area contributed by atoms with Gasteiger partial charge in [-0.3, -0.25) is 4.79 Å². The molecule has 0 spiro atoms. The van der Waals surface area contributed by atoms with E-state index in [0.717, 1.165) is 0 Å². The summed E-state index contributed by atoms with van der Waals surface area (Å²) in [4.78, 5) is 11.8. The Morgan fingerprint density at radius 3 is 2.75 bits per heavy atom. The number of rotatable bonds is 5. The number of furan rings is 1. The van der Waals surface area contributed by atoms with E-state index >= 15 is 0 Å². The number of para-hydroxylation sites is 1. The lowest BCUT2D eigenvalue weighted by Crippen LogP contribution is -2.23. The quantitative estimate of drug-likeness (QED) is 0.916. The molecule has 0 aliphatic carbocycles. The lowest BCUT2D eigenvalue weighted by Gasteiger charge is -2.11. The average molecular weight is 281 g/mol. The van der Waals surface area contributed by atoms with E-state index in [4.69, 9.17) is 4.42 Å². The number of benzene rings is 1. The van der Waals surface area contributed by atoms with Gasteiger partial charge >= 0.3 is 6.61 Å². The molecule has 0 radical (unpaired) electrons. The van der Waals surface area contributed by atoms with Crippen LogP contribution in [0.3, 0.4) is 0 Å². The van der Waals surface area contributed by atoms with Crippen LogP contribution >= 0.6 is 0 Å². The number of nitrogens with one attached hydrogen (secondary N) is 1. The molecule has 0 fully saturated rings. The molecule has 0 unspecified atom stereocenters. The fourth-order valence-corrected chi connectivity index (χ4v) is 1.72. The van der Waals surface area contributed by atoms with Gasteiger partial charge in [0.15, 0.2) is 5.76 Å². The number of carbonyl (C=O) groups excluding carboxylic acids is 1. The second-order valence-corrected chi connectivity index (χ2v) is 4.10. The predicted molar refractivity (Wildman–Crippen MR) is 67.7 cm³/mol. The highest BCUT2D eigenvalue weighted by atomic mass is 19.3. The lowest BCUT2D eigenvalue weighted by atomic mass is 10.2. The van der Waals surface area contributed by atoms with E-state index in [0.29, 0.717) is 11.1 Å². The molecule has 1 N–H and O–H groups in total. The standard InChI is InChI=1S/C14H13F2NO3/c1-9-6-7-19-12(9)13(18)17-8-10-4-2-3-5-11(10)20-14(15)16/h2-7,14H,8H2,1H3,(H,17,18). The van der Waals surface area contributed by atoms with Crippen molar-refractivity contribution in [2.24, 2.45) is 0 Å². The van der Waals surface area contributed by atoms with Crippen LogP contribution in [0.15, 0.2) is 41.0 Å². The van der Waals surface area contributed by atoms with E-state index in [2.05, 4.69) is 10.1 Å². The average Bonchev–Trinajstić information content (AvgIpc) is 2.83. The fraction of sp³-hybridized carbons (Fsp3) is 0.214. The highest BCUT2D eigenvalue weighted by Gasteiger charge is 2.14. The largest absolute Gasteiger partial charge is 0.459 e. The second-order valence-electron chi connectivity index (χ2n) is 4.10. The Morgan fingerprint density at radius 1 is 1.35 bits per heavy atom. The maximum atomic E-state index is 12.3. The predicted octanol–water partition coefficient (Wildman–Crippen LogP) is 3.12. The van der Waals surface area contributed by atoms with Crippen molar-refractivity contribution in [2.45, 2.75) is 20.1 Å². The van der Waals surface area contributed by atoms with Crippen LogP contribution in [-0.2, 0) is 6.54 Å². The summed E-state index contributed by atoms with van der Waals surface area (Å²) in [5.74, 6) is -0.157. The smallest absolute Gasteiger partial charge is 0.387 e. The highest BCUT2D eigenvalue weighted by Crippen LogP contribution is 2.20. The van der Waals surface area contributed by atoms with Gasteiger partial charge in [-0.05, 0) is 19.1 Å². The molecule has 0 aliphatic heterocycles. The van der Waals surface area contributed by atoms with Gasteiger partial charge in [-0.15, -0.1) is 0 Å². The number of aryl methyl sites for hydroxylation is 1. The Morgan fingerprint density at radius 2 is 2.10 bits per heavy atom. The number of alkyl halides is 2. The van der Waals surface area contributed by atoms with Crippen molar-refractivity contribution in [1.29, 1.82) is 0 Å². The maximum absolute atomic E-state index is 12.3. The first-order valence-corrected chi connectivity index (χ1v) is 5.93. The Hall–Kier alpha value is -2.37. The van der Waals surface area contributed by atoms with Crippen LogP contribution in [0.25, 0.3) is 0 Å². The van der Waals surface area contributed by atoms with Crippen molar-refractivity contribution in [3.8, 4) is 5.75 Å². The molecule has 0 saturated heterocycles. The van der Waals surface area contributed by atoms with E-state index in [1.807, 2.05) is 0 Å². The van der Waals surface area contributed by atoms with Gasteiger partial charge in [-0.25, -0.2) is 0 Å². The van der Waals surface area contributed by atoms with Gasteiger partial charge < -0.3 is 14.5 Å². The number of ether oxygens (including phenoxy) is 1. The third-order valence-corrected chi connectivity index (χ3v) is 2.70. The molecule has 0 saturated carbocycles. The van der Waals surface area contributed by atoms with Gasteiger partial charge in [0.1, 0.15) is 5.75 Å². The molecule has 1 aromatic carbocycles. The van der Waals surface area contributed by atoms with Gasteiger partial charge in [-0.1, -0.05) is 18.2 Å². The maximum Gasteiger partial charge on any atom is 0.387 e. The summed E-state index contributed by atoms with van der Waals surface area (Å²) in [6.07, 6.45) is 1.41. The zero-order chi connectivity index (χ0) is 14.5. The lowest BCUT2D eigenvalue weighted by molar-refractivity contribution is -0.0504. The van der Waals surface area contributed by atoms with E-state index < -0.39 is 12.5 Å². The van der Waals surface area contributed by atoms with Crippen molar-refractivity contribution in [3.05, 3.63) is 53.5 Å². The van der Waals surface area contributed by atoms with Gasteiger partial charge in [0.2, 0.25) is 0 Å². The molecule has 0 bridgehead atoms. The number of hydrogen-bond acceptors (Lipinski definition) is 3. The van der Waals surface area contributed by atoms with Gasteiger partial charge in [0.05, 0.1) is 6.26 Å². The topological polar surface area (TPSA) is 51.5 Å². The molecule has 1 heterocycles. The fourth-order valence-electron chi connectivity index (χ4n) is 1.72. The number of halogens is 2. The normalized spacial score (nSPS) is 10.6. The monoisotopic (exact) mass is 281 g/mol. The van der Waals surface area contributed by atoms with E-state index in [9.17, 15) is 13.6 Å². The minimum atomic E-state index is -2.90. The molecule has 6 heteroatoms. The Bertz CT molecular complexity index is 596. The molecule has 4 nitrogen and oxygen atoms in total. The molecule has 106 valence electrons. The van der Waals surface area contributed by atoms with Crippen molar-refractivity contribution in [1.82, 2.24) is 5.32 Å². The van der Waals surface area contributed by atoms with Gasteiger partial charge in [-0.2, -0.15) is 8.78 Å².